The van der Waals surface area contributed by atoms with Gasteiger partial charge in [0.25, 0.3) is 5.91 Å². The van der Waals surface area contributed by atoms with E-state index in [-0.39, 0.29) is 11.6 Å². The number of amides is 1. The standard InChI is InChI=1S/C16H21N5O3/c1-10-14(15(22)18-9-16(2,3)17)19-20-21(10)11-4-5-12-13(8-11)24-7-6-23-12/h4-5,8H,6-7,9,17H2,1-3H3,(H,18,22). The zero-order valence-corrected chi connectivity index (χ0v) is 14.0. The molecule has 1 aliphatic rings. The van der Waals surface area contributed by atoms with E-state index < -0.39 is 5.54 Å². The topological polar surface area (TPSA) is 104 Å². The first-order chi connectivity index (χ1) is 11.3. The average molecular weight is 331 g/mol. The van der Waals surface area contributed by atoms with Crippen molar-refractivity contribution in [2.45, 2.75) is 26.3 Å². The summed E-state index contributed by atoms with van der Waals surface area (Å²) in [5.41, 5.74) is 7.05. The molecule has 0 saturated heterocycles. The van der Waals surface area contributed by atoms with Gasteiger partial charge >= 0.3 is 0 Å². The second-order valence-corrected chi connectivity index (χ2v) is 6.43. The summed E-state index contributed by atoms with van der Waals surface area (Å²) in [6.07, 6.45) is 0. The second kappa shape index (κ2) is 6.12. The van der Waals surface area contributed by atoms with E-state index in [1.807, 2.05) is 32.0 Å². The van der Waals surface area contributed by atoms with Gasteiger partial charge in [-0.1, -0.05) is 5.21 Å². The first-order valence-corrected chi connectivity index (χ1v) is 7.74. The molecule has 0 radical (unpaired) electrons. The highest BCUT2D eigenvalue weighted by molar-refractivity contribution is 5.93. The Kier molecular flexibility index (Phi) is 4.15. The van der Waals surface area contributed by atoms with Gasteiger partial charge in [0.15, 0.2) is 17.2 Å². The number of carbonyl (C=O) groups is 1. The van der Waals surface area contributed by atoms with Gasteiger partial charge in [0, 0.05) is 18.2 Å². The summed E-state index contributed by atoms with van der Waals surface area (Å²) >= 11 is 0. The maximum Gasteiger partial charge on any atom is 0.273 e. The first kappa shape index (κ1) is 16.3. The minimum Gasteiger partial charge on any atom is -0.486 e. The zero-order valence-electron chi connectivity index (χ0n) is 14.0. The van der Waals surface area contributed by atoms with Crippen LogP contribution in [0.15, 0.2) is 18.2 Å². The van der Waals surface area contributed by atoms with Crippen molar-refractivity contribution in [2.24, 2.45) is 5.73 Å². The Bertz CT molecular complexity index is 764. The van der Waals surface area contributed by atoms with Gasteiger partial charge in [-0.2, -0.15) is 0 Å². The molecular formula is C16H21N5O3. The molecule has 0 atom stereocenters. The fraction of sp³-hybridized carbons (Fsp3) is 0.438. The van der Waals surface area contributed by atoms with Gasteiger partial charge in [-0.05, 0) is 32.9 Å². The highest BCUT2D eigenvalue weighted by atomic mass is 16.6. The lowest BCUT2D eigenvalue weighted by Gasteiger charge is -2.19. The summed E-state index contributed by atoms with van der Waals surface area (Å²) in [6, 6.07) is 5.49. The van der Waals surface area contributed by atoms with E-state index in [1.54, 1.807) is 11.6 Å². The monoisotopic (exact) mass is 331 g/mol. The molecule has 2 heterocycles. The number of aromatic nitrogens is 3. The van der Waals surface area contributed by atoms with E-state index in [0.29, 0.717) is 37.0 Å². The Labute approximate surface area is 139 Å². The van der Waals surface area contributed by atoms with Crippen molar-refractivity contribution in [1.82, 2.24) is 20.3 Å². The van der Waals surface area contributed by atoms with E-state index in [2.05, 4.69) is 15.6 Å². The molecule has 1 aromatic carbocycles. The molecule has 1 aromatic heterocycles. The molecule has 1 aliphatic heterocycles. The lowest BCUT2D eigenvalue weighted by molar-refractivity contribution is 0.0940. The third kappa shape index (κ3) is 3.33. The molecule has 128 valence electrons. The molecule has 24 heavy (non-hydrogen) atoms. The lowest BCUT2D eigenvalue weighted by Crippen LogP contribution is -2.45. The van der Waals surface area contributed by atoms with Crippen molar-refractivity contribution >= 4 is 5.91 Å². The van der Waals surface area contributed by atoms with Gasteiger partial charge in [0.2, 0.25) is 0 Å². The van der Waals surface area contributed by atoms with E-state index >= 15 is 0 Å². The third-order valence-electron chi connectivity index (χ3n) is 3.58. The van der Waals surface area contributed by atoms with Crippen LogP contribution in [-0.4, -0.2) is 46.2 Å². The minimum absolute atomic E-state index is 0.272. The summed E-state index contributed by atoms with van der Waals surface area (Å²) in [6.45, 7) is 6.87. The van der Waals surface area contributed by atoms with Gasteiger partial charge < -0.3 is 20.5 Å². The lowest BCUT2D eigenvalue weighted by atomic mass is 10.1. The molecule has 3 N–H and O–H groups in total. The summed E-state index contributed by atoms with van der Waals surface area (Å²) in [5, 5.41) is 10.8. The van der Waals surface area contributed by atoms with Crippen molar-refractivity contribution in [3.63, 3.8) is 0 Å². The van der Waals surface area contributed by atoms with Gasteiger partial charge in [-0.25, -0.2) is 4.68 Å². The molecular weight excluding hydrogens is 310 g/mol. The number of ether oxygens (including phenoxy) is 2. The molecule has 0 aliphatic carbocycles. The van der Waals surface area contributed by atoms with Crippen LogP contribution in [-0.2, 0) is 0 Å². The van der Waals surface area contributed by atoms with Crippen LogP contribution >= 0.6 is 0 Å². The Morgan fingerprint density at radius 3 is 2.75 bits per heavy atom. The Morgan fingerprint density at radius 1 is 1.33 bits per heavy atom. The maximum absolute atomic E-state index is 12.3. The summed E-state index contributed by atoms with van der Waals surface area (Å²) in [7, 11) is 0. The molecule has 0 saturated carbocycles. The van der Waals surface area contributed by atoms with Gasteiger partial charge in [-0.15, -0.1) is 5.10 Å². The Balaban J connectivity index is 1.83. The largest absolute Gasteiger partial charge is 0.486 e. The van der Waals surface area contributed by atoms with Crippen LogP contribution in [0.2, 0.25) is 0 Å². The van der Waals surface area contributed by atoms with Gasteiger partial charge in [0.1, 0.15) is 13.2 Å². The Hall–Kier alpha value is -2.61. The maximum atomic E-state index is 12.3. The van der Waals surface area contributed by atoms with E-state index in [9.17, 15) is 4.79 Å². The van der Waals surface area contributed by atoms with Crippen LogP contribution < -0.4 is 20.5 Å². The van der Waals surface area contributed by atoms with Crippen LogP contribution in [0.3, 0.4) is 0 Å². The van der Waals surface area contributed by atoms with E-state index in [0.717, 1.165) is 5.69 Å². The number of fused-ring (bicyclic) bond motifs is 1. The predicted molar refractivity (Wildman–Crippen MR) is 87.7 cm³/mol. The SMILES string of the molecule is Cc1c(C(=O)NCC(C)(C)N)nnn1-c1ccc2c(c1)OCCO2. The van der Waals surface area contributed by atoms with Gasteiger partial charge in [0.05, 0.1) is 11.4 Å². The van der Waals surface area contributed by atoms with Crippen LogP contribution in [0, 0.1) is 6.92 Å². The number of benzene rings is 1. The highest BCUT2D eigenvalue weighted by Crippen LogP contribution is 2.32. The van der Waals surface area contributed by atoms with Crippen molar-refractivity contribution < 1.29 is 14.3 Å². The summed E-state index contributed by atoms with van der Waals surface area (Å²) in [4.78, 5) is 12.3. The number of rotatable bonds is 4. The third-order valence-corrected chi connectivity index (χ3v) is 3.58. The molecule has 8 heteroatoms. The number of nitrogens with two attached hydrogens (primary N) is 1. The smallest absolute Gasteiger partial charge is 0.273 e. The average Bonchev–Trinajstić information content (AvgIpc) is 2.93. The minimum atomic E-state index is -0.491. The fourth-order valence-electron chi connectivity index (χ4n) is 2.34. The van der Waals surface area contributed by atoms with Crippen molar-refractivity contribution in [1.29, 1.82) is 0 Å². The number of nitrogens with zero attached hydrogens (tertiary/aromatic N) is 3. The molecule has 0 fully saturated rings. The quantitative estimate of drug-likeness (QED) is 0.859. The van der Waals surface area contributed by atoms with Crippen molar-refractivity contribution in [3.05, 3.63) is 29.6 Å². The van der Waals surface area contributed by atoms with E-state index in [4.69, 9.17) is 15.2 Å². The number of hydrogen-bond donors (Lipinski definition) is 2. The molecule has 0 spiro atoms. The number of carbonyl (C=O) groups excluding carboxylic acids is 1. The normalized spacial score (nSPS) is 13.7. The predicted octanol–water partition coefficient (Wildman–Crippen LogP) is 0.814. The van der Waals surface area contributed by atoms with Crippen LogP contribution in [0.4, 0.5) is 0 Å². The van der Waals surface area contributed by atoms with Crippen LogP contribution in [0.5, 0.6) is 11.5 Å². The van der Waals surface area contributed by atoms with E-state index in [1.165, 1.54) is 0 Å². The summed E-state index contributed by atoms with van der Waals surface area (Å²) < 4.78 is 12.7. The number of hydrogen-bond acceptors (Lipinski definition) is 6. The molecule has 1 amide bonds. The molecule has 2 aromatic rings. The second-order valence-electron chi connectivity index (χ2n) is 6.43. The zero-order chi connectivity index (χ0) is 17.3. The highest BCUT2D eigenvalue weighted by Gasteiger charge is 2.20. The molecule has 0 unspecified atom stereocenters. The molecule has 0 bridgehead atoms. The van der Waals surface area contributed by atoms with Crippen LogP contribution in [0.1, 0.15) is 30.0 Å². The first-order valence-electron chi connectivity index (χ1n) is 7.74. The fourth-order valence-corrected chi connectivity index (χ4v) is 2.34. The van der Waals surface area contributed by atoms with Crippen LogP contribution in [0.25, 0.3) is 5.69 Å². The van der Waals surface area contributed by atoms with Crippen molar-refractivity contribution in [2.75, 3.05) is 19.8 Å². The summed E-state index contributed by atoms with van der Waals surface area (Å²) in [5.74, 6) is 1.06. The number of nitrogens with one attached hydrogen (secondary N) is 1. The van der Waals surface area contributed by atoms with Gasteiger partial charge in [-0.3, -0.25) is 4.79 Å². The molecule has 8 nitrogen and oxygen atoms in total. The molecule has 3 rings (SSSR count). The Morgan fingerprint density at radius 2 is 2.04 bits per heavy atom. The van der Waals surface area contributed by atoms with Crippen molar-refractivity contribution in [3.8, 4) is 17.2 Å².